The van der Waals surface area contributed by atoms with E-state index in [1.165, 1.54) is 5.56 Å². The first-order valence-electron chi connectivity index (χ1n) is 8.32. The Labute approximate surface area is 147 Å². The molecule has 1 aliphatic heterocycles. The number of benzene rings is 1. The second-order valence-corrected chi connectivity index (χ2v) is 5.88. The maximum Gasteiger partial charge on any atom is 0.273 e. The normalized spacial score (nSPS) is 21.8. The van der Waals surface area contributed by atoms with E-state index >= 15 is 0 Å². The van der Waals surface area contributed by atoms with Gasteiger partial charge in [0.05, 0.1) is 5.71 Å². The second-order valence-electron chi connectivity index (χ2n) is 5.88. The molecule has 0 bridgehead atoms. The molecule has 2 aliphatic rings. The van der Waals surface area contributed by atoms with Crippen LogP contribution in [0.4, 0.5) is 5.69 Å². The van der Waals surface area contributed by atoms with Gasteiger partial charge >= 0.3 is 0 Å². The van der Waals surface area contributed by atoms with Gasteiger partial charge in [0.2, 0.25) is 0 Å². The van der Waals surface area contributed by atoms with E-state index in [0.29, 0.717) is 17.5 Å². The SMILES string of the molecule is C=C1C=CC=CC1=N/C(=C\C)C(=O)Nc1ccc(C2CNCN2)cc1. The highest BCUT2D eigenvalue weighted by Gasteiger charge is 2.15. The van der Waals surface area contributed by atoms with Crippen LogP contribution < -0.4 is 16.0 Å². The standard InChI is InChI=1S/C20H22N4O/c1-3-17(24-18-7-5-4-6-14(18)2)20(25)23-16-10-8-15(9-11-16)19-12-21-13-22-19/h3-11,19,21-22H,2,12-13H2,1H3,(H,23,25)/b17-3-,24-18?. The lowest BCUT2D eigenvalue weighted by Gasteiger charge is -2.11. The average Bonchev–Trinajstić information content (AvgIpc) is 3.16. The van der Waals surface area contributed by atoms with E-state index in [-0.39, 0.29) is 5.91 Å². The number of nitrogens with zero attached hydrogens (tertiary/aromatic N) is 1. The zero-order valence-corrected chi connectivity index (χ0v) is 14.3. The van der Waals surface area contributed by atoms with E-state index in [4.69, 9.17) is 0 Å². The summed E-state index contributed by atoms with van der Waals surface area (Å²) in [5, 5.41) is 9.52. The second kappa shape index (κ2) is 7.88. The number of nitrogens with one attached hydrogen (secondary N) is 3. The van der Waals surface area contributed by atoms with Crippen molar-refractivity contribution in [2.24, 2.45) is 4.99 Å². The first kappa shape index (κ1) is 17.1. The van der Waals surface area contributed by atoms with Crippen molar-refractivity contribution >= 4 is 17.3 Å². The predicted molar refractivity (Wildman–Crippen MR) is 102 cm³/mol. The molecular weight excluding hydrogens is 312 g/mol. The Hall–Kier alpha value is -2.76. The van der Waals surface area contributed by atoms with Gasteiger partial charge in [0, 0.05) is 24.9 Å². The summed E-state index contributed by atoms with van der Waals surface area (Å²) >= 11 is 0. The smallest absolute Gasteiger partial charge is 0.273 e. The third-order valence-electron chi connectivity index (χ3n) is 4.13. The van der Waals surface area contributed by atoms with Gasteiger partial charge in [-0.25, -0.2) is 4.99 Å². The zero-order chi connectivity index (χ0) is 17.6. The maximum atomic E-state index is 12.5. The number of hydrogen-bond acceptors (Lipinski definition) is 4. The molecule has 1 fully saturated rings. The van der Waals surface area contributed by atoms with E-state index in [1.54, 1.807) is 13.0 Å². The molecule has 25 heavy (non-hydrogen) atoms. The molecule has 0 aromatic heterocycles. The van der Waals surface area contributed by atoms with Gasteiger partial charge in [-0.15, -0.1) is 0 Å². The summed E-state index contributed by atoms with van der Waals surface area (Å²) < 4.78 is 0. The molecule has 1 unspecified atom stereocenters. The van der Waals surface area contributed by atoms with Crippen LogP contribution in [0.1, 0.15) is 18.5 Å². The summed E-state index contributed by atoms with van der Waals surface area (Å²) in [6, 6.07) is 8.20. The predicted octanol–water partition coefficient (Wildman–Crippen LogP) is 2.84. The number of rotatable bonds is 4. The number of amides is 1. The van der Waals surface area contributed by atoms with Crippen LogP contribution in [0.2, 0.25) is 0 Å². The molecule has 1 aromatic carbocycles. The van der Waals surface area contributed by atoms with Crippen LogP contribution in [-0.2, 0) is 4.79 Å². The highest BCUT2D eigenvalue weighted by Crippen LogP contribution is 2.18. The molecule has 0 spiro atoms. The molecule has 1 saturated heterocycles. The molecule has 1 atom stereocenters. The van der Waals surface area contributed by atoms with Crippen molar-refractivity contribution < 1.29 is 4.79 Å². The van der Waals surface area contributed by atoms with Crippen LogP contribution in [0, 0.1) is 0 Å². The topological polar surface area (TPSA) is 65.5 Å². The largest absolute Gasteiger partial charge is 0.321 e. The lowest BCUT2D eigenvalue weighted by atomic mass is 10.1. The van der Waals surface area contributed by atoms with Crippen molar-refractivity contribution in [1.29, 1.82) is 0 Å². The minimum atomic E-state index is -0.237. The van der Waals surface area contributed by atoms with Gasteiger partial charge in [-0.05, 0) is 36.3 Å². The monoisotopic (exact) mass is 334 g/mol. The number of hydrogen-bond donors (Lipinski definition) is 3. The lowest BCUT2D eigenvalue weighted by molar-refractivity contribution is -0.112. The van der Waals surface area contributed by atoms with E-state index in [1.807, 2.05) is 48.6 Å². The molecule has 128 valence electrons. The van der Waals surface area contributed by atoms with E-state index in [2.05, 4.69) is 27.5 Å². The summed E-state index contributed by atoms with van der Waals surface area (Å²) in [7, 11) is 0. The highest BCUT2D eigenvalue weighted by atomic mass is 16.2. The van der Waals surface area contributed by atoms with Crippen LogP contribution in [0.3, 0.4) is 0 Å². The molecule has 0 radical (unpaired) electrons. The molecule has 1 heterocycles. The van der Waals surface area contributed by atoms with Crippen molar-refractivity contribution in [1.82, 2.24) is 10.6 Å². The Balaban J connectivity index is 1.68. The molecule has 1 aliphatic carbocycles. The van der Waals surface area contributed by atoms with Crippen molar-refractivity contribution in [2.75, 3.05) is 18.5 Å². The van der Waals surface area contributed by atoms with Crippen molar-refractivity contribution in [3.05, 3.63) is 78.1 Å². The Kier molecular flexibility index (Phi) is 5.38. The number of allylic oxidation sites excluding steroid dienone is 6. The number of carbonyl (C=O) groups excluding carboxylic acids is 1. The Morgan fingerprint density at radius 2 is 2.04 bits per heavy atom. The summed E-state index contributed by atoms with van der Waals surface area (Å²) in [4.78, 5) is 16.9. The molecule has 5 nitrogen and oxygen atoms in total. The Morgan fingerprint density at radius 1 is 1.28 bits per heavy atom. The van der Waals surface area contributed by atoms with E-state index < -0.39 is 0 Å². The summed E-state index contributed by atoms with van der Waals surface area (Å²) in [6.07, 6.45) is 9.19. The quantitative estimate of drug-likeness (QED) is 0.742. The average molecular weight is 334 g/mol. The lowest BCUT2D eigenvalue weighted by Crippen LogP contribution is -2.16. The van der Waals surface area contributed by atoms with Gasteiger partial charge in [0.15, 0.2) is 0 Å². The summed E-state index contributed by atoms with van der Waals surface area (Å²) in [5.74, 6) is -0.237. The van der Waals surface area contributed by atoms with Crippen LogP contribution >= 0.6 is 0 Å². The van der Waals surface area contributed by atoms with E-state index in [0.717, 1.165) is 24.5 Å². The molecule has 0 saturated carbocycles. The zero-order valence-electron chi connectivity index (χ0n) is 14.3. The minimum Gasteiger partial charge on any atom is -0.321 e. The fraction of sp³-hybridized carbons (Fsp3) is 0.200. The molecule has 1 aromatic rings. The number of aliphatic imine (C=N–C) groups is 1. The molecule has 3 rings (SSSR count). The van der Waals surface area contributed by atoms with Crippen molar-refractivity contribution in [2.45, 2.75) is 13.0 Å². The fourth-order valence-electron chi connectivity index (χ4n) is 2.71. The van der Waals surface area contributed by atoms with Gasteiger partial charge < -0.3 is 10.6 Å². The first-order valence-corrected chi connectivity index (χ1v) is 8.32. The van der Waals surface area contributed by atoms with Crippen LogP contribution in [0.15, 0.2) is 77.5 Å². The summed E-state index contributed by atoms with van der Waals surface area (Å²) in [6.45, 7) is 7.47. The molecule has 3 N–H and O–H groups in total. The first-order chi connectivity index (χ1) is 12.2. The van der Waals surface area contributed by atoms with Gasteiger partial charge in [-0.2, -0.15) is 0 Å². The maximum absolute atomic E-state index is 12.5. The van der Waals surface area contributed by atoms with Gasteiger partial charge in [-0.3, -0.25) is 10.1 Å². The molecule has 5 heteroatoms. The molecular formula is C20H22N4O. The van der Waals surface area contributed by atoms with Gasteiger partial charge in [-0.1, -0.05) is 43.0 Å². The van der Waals surface area contributed by atoms with Crippen molar-refractivity contribution in [3.63, 3.8) is 0 Å². The van der Waals surface area contributed by atoms with Crippen LogP contribution in [-0.4, -0.2) is 24.8 Å². The van der Waals surface area contributed by atoms with Gasteiger partial charge in [0.1, 0.15) is 5.70 Å². The Morgan fingerprint density at radius 3 is 2.68 bits per heavy atom. The van der Waals surface area contributed by atoms with Crippen molar-refractivity contribution in [3.8, 4) is 0 Å². The third kappa shape index (κ3) is 4.21. The number of anilines is 1. The van der Waals surface area contributed by atoms with Gasteiger partial charge in [0.25, 0.3) is 5.91 Å². The van der Waals surface area contributed by atoms with E-state index in [9.17, 15) is 4.79 Å². The molecule has 1 amide bonds. The third-order valence-corrected chi connectivity index (χ3v) is 4.13. The van der Waals surface area contributed by atoms with Crippen LogP contribution in [0.5, 0.6) is 0 Å². The minimum absolute atomic E-state index is 0.237. The van der Waals surface area contributed by atoms with Crippen LogP contribution in [0.25, 0.3) is 0 Å². The highest BCUT2D eigenvalue weighted by molar-refractivity contribution is 6.14. The number of carbonyl (C=O) groups is 1. The fourth-order valence-corrected chi connectivity index (χ4v) is 2.71. The Bertz CT molecular complexity index is 778. The summed E-state index contributed by atoms with van der Waals surface area (Å²) in [5.41, 5.74) is 3.79.